The Morgan fingerprint density at radius 3 is 2.36 bits per heavy atom. The first kappa shape index (κ1) is 23.0. The van der Waals surface area contributed by atoms with Crippen LogP contribution in [-0.4, -0.2) is 47.7 Å². The van der Waals surface area contributed by atoms with Gasteiger partial charge in [-0.15, -0.1) is 0 Å². The van der Waals surface area contributed by atoms with Gasteiger partial charge in [0.2, 0.25) is 0 Å². The molecule has 0 aliphatic carbocycles. The minimum Gasteiger partial charge on any atom is -0.497 e. The number of amides is 1. The number of hydrogen-bond acceptors (Lipinski definition) is 7. The lowest BCUT2D eigenvalue weighted by Gasteiger charge is -2.30. The molecule has 1 aliphatic heterocycles. The minimum absolute atomic E-state index is 0.0121. The van der Waals surface area contributed by atoms with Crippen molar-refractivity contribution in [3.63, 3.8) is 0 Å². The Bertz CT molecular complexity index is 1240. The zero-order chi connectivity index (χ0) is 23.4. The highest BCUT2D eigenvalue weighted by Gasteiger charge is 2.25. The summed E-state index contributed by atoms with van der Waals surface area (Å²) in [6.45, 7) is 2.07. The highest BCUT2D eigenvalue weighted by Crippen LogP contribution is 2.31. The quantitative estimate of drug-likeness (QED) is 0.516. The van der Waals surface area contributed by atoms with Crippen molar-refractivity contribution in [2.75, 3.05) is 48.4 Å². The molecule has 9 nitrogen and oxygen atoms in total. The fourth-order valence-electron chi connectivity index (χ4n) is 3.37. The molecule has 2 heterocycles. The smallest absolute Gasteiger partial charge is 0.291 e. The predicted molar refractivity (Wildman–Crippen MR) is 125 cm³/mol. The average Bonchev–Trinajstić information content (AvgIpc) is 3.26. The van der Waals surface area contributed by atoms with Crippen molar-refractivity contribution < 1.29 is 27.1 Å². The maximum atomic E-state index is 13.4. The number of morpholine rings is 1. The normalized spacial score (nSPS) is 14.1. The summed E-state index contributed by atoms with van der Waals surface area (Å²) in [4.78, 5) is 14.4. The molecule has 2 N–H and O–H groups in total. The van der Waals surface area contributed by atoms with Gasteiger partial charge in [-0.05, 0) is 66.2 Å². The topological polar surface area (TPSA) is 110 Å². The van der Waals surface area contributed by atoms with E-state index >= 15 is 0 Å². The molecule has 0 bridgehead atoms. The van der Waals surface area contributed by atoms with Crippen molar-refractivity contribution in [1.82, 2.24) is 0 Å². The summed E-state index contributed by atoms with van der Waals surface area (Å²) in [5.41, 5.74) is 1.18. The molecule has 0 spiro atoms. The van der Waals surface area contributed by atoms with Gasteiger partial charge in [-0.3, -0.25) is 9.52 Å². The minimum atomic E-state index is -4.00. The van der Waals surface area contributed by atoms with E-state index in [4.69, 9.17) is 25.5 Å². The van der Waals surface area contributed by atoms with E-state index in [0.29, 0.717) is 49.1 Å². The van der Waals surface area contributed by atoms with Gasteiger partial charge >= 0.3 is 0 Å². The second kappa shape index (κ2) is 9.74. The fraction of sp³-hybridized carbons (Fsp3) is 0.227. The van der Waals surface area contributed by atoms with Crippen LogP contribution in [0.15, 0.2) is 63.9 Å². The van der Waals surface area contributed by atoms with Crippen LogP contribution in [0.25, 0.3) is 0 Å². The van der Waals surface area contributed by atoms with Crippen LogP contribution < -0.4 is 19.7 Å². The molecule has 3 aromatic rings. The zero-order valence-electron chi connectivity index (χ0n) is 17.7. The lowest BCUT2D eigenvalue weighted by atomic mass is 10.2. The molecule has 2 aromatic carbocycles. The van der Waals surface area contributed by atoms with Crippen LogP contribution in [0.1, 0.15) is 10.6 Å². The number of sulfonamides is 1. The molecule has 1 fully saturated rings. The van der Waals surface area contributed by atoms with E-state index in [9.17, 15) is 13.2 Å². The summed E-state index contributed by atoms with van der Waals surface area (Å²) in [5, 5.41) is 2.73. The van der Waals surface area contributed by atoms with Crippen LogP contribution in [0.2, 0.25) is 5.22 Å². The van der Waals surface area contributed by atoms with Crippen molar-refractivity contribution in [3.05, 3.63) is 65.6 Å². The molecule has 4 rings (SSSR count). The van der Waals surface area contributed by atoms with Crippen molar-refractivity contribution in [1.29, 1.82) is 0 Å². The van der Waals surface area contributed by atoms with Gasteiger partial charge in [0.25, 0.3) is 15.9 Å². The van der Waals surface area contributed by atoms with Crippen LogP contribution in [0.4, 0.5) is 17.1 Å². The van der Waals surface area contributed by atoms with Gasteiger partial charge in [0.1, 0.15) is 10.6 Å². The Kier molecular flexibility index (Phi) is 6.77. The first-order valence-corrected chi connectivity index (χ1v) is 11.9. The Balaban J connectivity index is 1.67. The molecule has 0 atom stereocenters. The highest BCUT2D eigenvalue weighted by atomic mass is 35.5. The highest BCUT2D eigenvalue weighted by molar-refractivity contribution is 7.92. The number of methoxy groups -OCH3 is 1. The third-order valence-electron chi connectivity index (χ3n) is 5.00. The van der Waals surface area contributed by atoms with E-state index in [2.05, 4.69) is 10.0 Å². The molecular weight excluding hydrogens is 470 g/mol. The lowest BCUT2D eigenvalue weighted by Crippen LogP contribution is -2.37. The van der Waals surface area contributed by atoms with E-state index < -0.39 is 15.9 Å². The van der Waals surface area contributed by atoms with Gasteiger partial charge in [-0.25, -0.2) is 8.42 Å². The number of carbonyl (C=O) groups excluding carboxylic acids is 1. The second-order valence-electron chi connectivity index (χ2n) is 7.17. The lowest BCUT2D eigenvalue weighted by molar-refractivity contribution is 0.0996. The first-order chi connectivity index (χ1) is 15.9. The molecule has 11 heteroatoms. The van der Waals surface area contributed by atoms with Crippen molar-refractivity contribution >= 4 is 44.6 Å². The summed E-state index contributed by atoms with van der Waals surface area (Å²) in [5.74, 6) is 0.0696. The molecule has 1 aliphatic rings. The number of hydrogen-bond donors (Lipinski definition) is 2. The predicted octanol–water partition coefficient (Wildman–Crippen LogP) is 3.83. The van der Waals surface area contributed by atoms with Crippen LogP contribution in [0.3, 0.4) is 0 Å². The Hall–Kier alpha value is -3.21. The number of rotatable bonds is 7. The van der Waals surface area contributed by atoms with E-state index in [1.807, 2.05) is 4.90 Å². The summed E-state index contributed by atoms with van der Waals surface area (Å²) < 4.78 is 45.0. The molecule has 0 unspecified atom stereocenters. The van der Waals surface area contributed by atoms with E-state index in [1.165, 1.54) is 25.3 Å². The number of ether oxygens (including phenoxy) is 2. The molecule has 1 aromatic heterocycles. The molecular formula is C22H22ClN3O6S. The standard InChI is InChI=1S/C22H22ClN3O6S/c1-30-17-5-2-15(3-6-17)25-33(28,29)20-14-16(24-22(27)19-8-9-21(23)32-19)4-7-18(20)26-10-12-31-13-11-26/h2-9,14,25H,10-13H2,1H3,(H,24,27). The third-order valence-corrected chi connectivity index (χ3v) is 6.61. The number of benzene rings is 2. The van der Waals surface area contributed by atoms with Gasteiger partial charge in [0.05, 0.1) is 26.0 Å². The molecule has 33 heavy (non-hydrogen) atoms. The number of carbonyl (C=O) groups is 1. The number of nitrogens with zero attached hydrogens (tertiary/aromatic N) is 1. The molecule has 1 saturated heterocycles. The number of nitrogens with one attached hydrogen (secondary N) is 2. The Morgan fingerprint density at radius 1 is 1.03 bits per heavy atom. The average molecular weight is 492 g/mol. The van der Waals surface area contributed by atoms with Crippen LogP contribution in [0.5, 0.6) is 5.75 Å². The zero-order valence-corrected chi connectivity index (χ0v) is 19.3. The SMILES string of the molecule is COc1ccc(NS(=O)(=O)c2cc(NC(=O)c3ccc(Cl)o3)ccc2N2CCOCC2)cc1. The van der Waals surface area contributed by atoms with Gasteiger partial charge < -0.3 is 24.1 Å². The van der Waals surface area contributed by atoms with Crippen LogP contribution in [-0.2, 0) is 14.8 Å². The van der Waals surface area contributed by atoms with Crippen LogP contribution >= 0.6 is 11.6 Å². The Labute approximate surface area is 196 Å². The number of halogens is 1. The number of anilines is 3. The van der Waals surface area contributed by atoms with Crippen molar-refractivity contribution in [2.45, 2.75) is 4.90 Å². The third kappa shape index (κ3) is 5.41. The second-order valence-corrected chi connectivity index (χ2v) is 9.20. The first-order valence-electron chi connectivity index (χ1n) is 10.1. The molecule has 0 radical (unpaired) electrons. The fourth-order valence-corrected chi connectivity index (χ4v) is 4.83. The van der Waals surface area contributed by atoms with Crippen molar-refractivity contribution in [2.24, 2.45) is 0 Å². The van der Waals surface area contributed by atoms with Gasteiger partial charge in [-0.1, -0.05) is 0 Å². The van der Waals surface area contributed by atoms with Gasteiger partial charge in [0, 0.05) is 24.5 Å². The summed E-state index contributed by atoms with van der Waals surface area (Å²) in [6, 6.07) is 14.1. The summed E-state index contributed by atoms with van der Waals surface area (Å²) in [7, 11) is -2.47. The maximum absolute atomic E-state index is 13.4. The van der Waals surface area contributed by atoms with Crippen LogP contribution in [0, 0.1) is 0 Å². The molecule has 0 saturated carbocycles. The van der Waals surface area contributed by atoms with E-state index in [0.717, 1.165) is 0 Å². The van der Waals surface area contributed by atoms with Crippen molar-refractivity contribution in [3.8, 4) is 5.75 Å². The largest absolute Gasteiger partial charge is 0.497 e. The van der Waals surface area contributed by atoms with E-state index in [-0.39, 0.29) is 15.9 Å². The van der Waals surface area contributed by atoms with Gasteiger partial charge in [0.15, 0.2) is 11.0 Å². The van der Waals surface area contributed by atoms with Gasteiger partial charge in [-0.2, -0.15) is 0 Å². The molecule has 174 valence electrons. The number of furan rings is 1. The monoisotopic (exact) mass is 491 g/mol. The summed E-state index contributed by atoms with van der Waals surface area (Å²) in [6.07, 6.45) is 0. The Morgan fingerprint density at radius 2 is 1.73 bits per heavy atom. The van der Waals surface area contributed by atoms with E-state index in [1.54, 1.807) is 36.4 Å². The maximum Gasteiger partial charge on any atom is 0.291 e. The summed E-state index contributed by atoms with van der Waals surface area (Å²) >= 11 is 5.74. The molecule has 1 amide bonds.